The fourth-order valence-electron chi connectivity index (χ4n) is 2.22. The summed E-state index contributed by atoms with van der Waals surface area (Å²) in [7, 11) is 0. The van der Waals surface area contributed by atoms with E-state index in [1.807, 2.05) is 0 Å². The second-order valence-electron chi connectivity index (χ2n) is 5.54. The first kappa shape index (κ1) is 19.5. The summed E-state index contributed by atoms with van der Waals surface area (Å²) in [6.07, 6.45) is -2.30. The average molecular weight is 377 g/mol. The second-order valence-corrected chi connectivity index (χ2v) is 5.54. The smallest absolute Gasteiger partial charge is 0.376 e. The Labute approximate surface area is 137 Å². The van der Waals surface area contributed by atoms with Crippen LogP contribution >= 0.6 is 0 Å². The molecule has 0 saturated carbocycles. The summed E-state index contributed by atoms with van der Waals surface area (Å²) in [5.41, 5.74) is -0.432. The van der Waals surface area contributed by atoms with E-state index in [0.717, 1.165) is 31.7 Å². The van der Waals surface area contributed by atoms with Gasteiger partial charge in [-0.1, -0.05) is 0 Å². The van der Waals surface area contributed by atoms with Gasteiger partial charge in [-0.15, -0.1) is 0 Å². The number of halogens is 7. The number of nitrogens with one attached hydrogen (secondary N) is 1. The quantitative estimate of drug-likeness (QED) is 0.802. The van der Waals surface area contributed by atoms with Gasteiger partial charge >= 0.3 is 23.9 Å². The van der Waals surface area contributed by atoms with E-state index in [0.29, 0.717) is 6.61 Å². The van der Waals surface area contributed by atoms with Crippen LogP contribution in [0.5, 0.6) is 0 Å². The molecule has 1 fully saturated rings. The first-order valence-electron chi connectivity index (χ1n) is 7.23. The second kappa shape index (κ2) is 6.81. The highest BCUT2D eigenvalue weighted by Crippen LogP contribution is 2.46. The molecule has 142 valence electrons. The Morgan fingerprint density at radius 3 is 2.48 bits per heavy atom. The Morgan fingerprint density at radius 2 is 1.92 bits per heavy atom. The van der Waals surface area contributed by atoms with Crippen LogP contribution in [0.4, 0.5) is 36.4 Å². The molecule has 12 heteroatoms. The first-order chi connectivity index (χ1) is 11.4. The molecule has 0 spiro atoms. The van der Waals surface area contributed by atoms with Crippen molar-refractivity contribution in [1.29, 1.82) is 0 Å². The molecular formula is C13H14F7N3O2. The van der Waals surface area contributed by atoms with Crippen LogP contribution in [-0.4, -0.2) is 46.4 Å². The van der Waals surface area contributed by atoms with E-state index in [4.69, 9.17) is 4.74 Å². The fraction of sp³-hybridized carbons (Fsp3) is 0.692. The molecule has 1 atom stereocenters. The zero-order chi connectivity index (χ0) is 18.9. The third-order valence-corrected chi connectivity index (χ3v) is 3.59. The topological polar surface area (TPSA) is 56.2 Å². The Hall–Kier alpha value is -1.85. The molecule has 1 amide bonds. The summed E-state index contributed by atoms with van der Waals surface area (Å²) in [6, 6.07) is 0. The lowest BCUT2D eigenvalue weighted by atomic mass is 10.1. The van der Waals surface area contributed by atoms with Crippen LogP contribution < -0.4 is 5.32 Å². The number of anilines is 1. The Bertz CT molecular complexity index is 609. The Morgan fingerprint density at radius 1 is 1.24 bits per heavy atom. The summed E-state index contributed by atoms with van der Waals surface area (Å²) < 4.78 is 94.8. The van der Waals surface area contributed by atoms with Gasteiger partial charge in [0.2, 0.25) is 0 Å². The van der Waals surface area contributed by atoms with E-state index < -0.39 is 29.6 Å². The van der Waals surface area contributed by atoms with E-state index >= 15 is 0 Å². The van der Waals surface area contributed by atoms with Crippen molar-refractivity contribution in [2.45, 2.75) is 49.9 Å². The molecule has 0 radical (unpaired) electrons. The Kier molecular flexibility index (Phi) is 5.30. The van der Waals surface area contributed by atoms with Gasteiger partial charge in [-0.25, -0.2) is 0 Å². The van der Waals surface area contributed by atoms with Gasteiger partial charge in [0.1, 0.15) is 0 Å². The zero-order valence-electron chi connectivity index (χ0n) is 12.6. The fourth-order valence-corrected chi connectivity index (χ4v) is 2.22. The van der Waals surface area contributed by atoms with Crippen LogP contribution in [0, 0.1) is 0 Å². The molecule has 1 aromatic heterocycles. The lowest BCUT2D eigenvalue weighted by Crippen LogP contribution is -2.57. The average Bonchev–Trinajstić information content (AvgIpc) is 2.94. The molecule has 0 bridgehead atoms. The molecule has 1 aliphatic rings. The molecule has 2 rings (SSSR count). The molecule has 0 aromatic carbocycles. The minimum atomic E-state index is -6.57. The molecule has 2 heterocycles. The first-order valence-corrected chi connectivity index (χ1v) is 7.23. The van der Waals surface area contributed by atoms with Gasteiger partial charge in [0, 0.05) is 12.8 Å². The number of aromatic nitrogens is 2. The largest absolute Gasteiger partial charge is 0.460 e. The minimum Gasteiger partial charge on any atom is -0.376 e. The summed E-state index contributed by atoms with van der Waals surface area (Å²) in [4.78, 5) is 11.2. The van der Waals surface area contributed by atoms with Crippen molar-refractivity contribution < 1.29 is 40.3 Å². The van der Waals surface area contributed by atoms with Crippen molar-refractivity contribution in [3.63, 3.8) is 0 Å². The van der Waals surface area contributed by atoms with E-state index in [9.17, 15) is 35.5 Å². The predicted octanol–water partition coefficient (Wildman–Crippen LogP) is 3.22. The Balaban J connectivity index is 2.03. The van der Waals surface area contributed by atoms with Gasteiger partial charge < -0.3 is 10.1 Å². The molecule has 1 aliphatic heterocycles. The molecular weight excluding hydrogens is 363 g/mol. The van der Waals surface area contributed by atoms with E-state index in [1.165, 1.54) is 10.00 Å². The highest BCUT2D eigenvalue weighted by atomic mass is 19.4. The van der Waals surface area contributed by atoms with E-state index in [1.54, 1.807) is 0 Å². The number of ether oxygens (including phenoxy) is 1. The third-order valence-electron chi connectivity index (χ3n) is 3.59. The van der Waals surface area contributed by atoms with E-state index in [-0.39, 0.29) is 12.6 Å². The monoisotopic (exact) mass is 377 g/mol. The van der Waals surface area contributed by atoms with Crippen LogP contribution in [0.3, 0.4) is 0 Å². The standard InChI is InChI=1S/C13H14F7N3O2/c14-11(15,12(16,17)13(18,19)20)10(24)22-8-5-21-23(6-8)7-9-3-1-2-4-25-9/h5-6,9H,1-4,7H2,(H,22,24). The highest BCUT2D eigenvalue weighted by Gasteiger charge is 2.76. The lowest BCUT2D eigenvalue weighted by molar-refractivity contribution is -0.343. The lowest BCUT2D eigenvalue weighted by Gasteiger charge is -2.26. The summed E-state index contributed by atoms with van der Waals surface area (Å²) >= 11 is 0. The summed E-state index contributed by atoms with van der Waals surface area (Å²) in [6.45, 7) is 0.777. The number of carbonyl (C=O) groups is 1. The van der Waals surface area contributed by atoms with Gasteiger partial charge in [0.05, 0.1) is 24.5 Å². The third kappa shape index (κ3) is 4.05. The van der Waals surface area contributed by atoms with Crippen molar-refractivity contribution >= 4 is 11.6 Å². The van der Waals surface area contributed by atoms with E-state index in [2.05, 4.69) is 5.10 Å². The van der Waals surface area contributed by atoms with Crippen molar-refractivity contribution in [3.8, 4) is 0 Å². The SMILES string of the molecule is O=C(Nc1cnn(CC2CCCCO2)c1)C(F)(F)C(F)(F)C(F)(F)F. The van der Waals surface area contributed by atoms with Gasteiger partial charge in [-0.2, -0.15) is 35.8 Å². The normalized spacial score (nSPS) is 19.7. The molecule has 25 heavy (non-hydrogen) atoms. The molecule has 1 aromatic rings. The molecule has 5 nitrogen and oxygen atoms in total. The maximum Gasteiger partial charge on any atom is 0.460 e. The maximum atomic E-state index is 13.2. The highest BCUT2D eigenvalue weighted by molar-refractivity contribution is 5.96. The molecule has 1 N–H and O–H groups in total. The number of rotatable bonds is 5. The predicted molar refractivity (Wildman–Crippen MR) is 70.4 cm³/mol. The van der Waals surface area contributed by atoms with Crippen LogP contribution in [0.2, 0.25) is 0 Å². The number of hydrogen-bond acceptors (Lipinski definition) is 3. The number of carbonyl (C=O) groups excluding carboxylic acids is 1. The van der Waals surface area contributed by atoms with Gasteiger partial charge in [-0.05, 0) is 19.3 Å². The van der Waals surface area contributed by atoms with Crippen molar-refractivity contribution in [2.75, 3.05) is 11.9 Å². The minimum absolute atomic E-state index is 0.187. The molecule has 1 saturated heterocycles. The summed E-state index contributed by atoms with van der Waals surface area (Å²) in [5, 5.41) is 5.05. The van der Waals surface area contributed by atoms with Gasteiger partial charge in [-0.3, -0.25) is 9.48 Å². The molecule has 0 aliphatic carbocycles. The van der Waals surface area contributed by atoms with Crippen molar-refractivity contribution in [1.82, 2.24) is 9.78 Å². The number of alkyl halides is 7. The van der Waals surface area contributed by atoms with Crippen molar-refractivity contribution in [2.24, 2.45) is 0 Å². The number of hydrogen-bond donors (Lipinski definition) is 1. The van der Waals surface area contributed by atoms with Crippen LogP contribution in [-0.2, 0) is 16.1 Å². The van der Waals surface area contributed by atoms with Gasteiger partial charge in [0.15, 0.2) is 0 Å². The van der Waals surface area contributed by atoms with Crippen LogP contribution in [0.1, 0.15) is 19.3 Å². The van der Waals surface area contributed by atoms with Crippen LogP contribution in [0.15, 0.2) is 12.4 Å². The number of amides is 1. The van der Waals surface area contributed by atoms with Gasteiger partial charge in [0.25, 0.3) is 0 Å². The molecule has 1 unspecified atom stereocenters. The zero-order valence-corrected chi connectivity index (χ0v) is 12.6. The maximum absolute atomic E-state index is 13.2. The number of nitrogens with zero attached hydrogens (tertiary/aromatic N) is 2. The summed E-state index contributed by atoms with van der Waals surface area (Å²) in [5.74, 6) is -15.3. The van der Waals surface area contributed by atoms with Crippen LogP contribution in [0.25, 0.3) is 0 Å². The van der Waals surface area contributed by atoms with Crippen molar-refractivity contribution in [3.05, 3.63) is 12.4 Å².